The molecule has 1 aliphatic rings. The quantitative estimate of drug-likeness (QED) is 0.761. The monoisotopic (exact) mass is 239 g/mol. The van der Waals surface area contributed by atoms with Crippen molar-refractivity contribution in [1.82, 2.24) is 0 Å². The number of rotatable bonds is 1. The number of aromatic nitrogens is 1. The van der Waals surface area contributed by atoms with Crippen molar-refractivity contribution in [1.29, 1.82) is 0 Å². The second-order valence-corrected chi connectivity index (χ2v) is 5.64. The predicted molar refractivity (Wildman–Crippen MR) is 72.7 cm³/mol. The number of pyridine rings is 1. The fraction of sp³-hybridized carbons (Fsp3) is 0.312. The van der Waals surface area contributed by atoms with Gasteiger partial charge in [-0.1, -0.05) is 6.07 Å². The summed E-state index contributed by atoms with van der Waals surface area (Å²) in [6.45, 7) is 7.31. The zero-order chi connectivity index (χ0) is 12.9. The summed E-state index contributed by atoms with van der Waals surface area (Å²) in [5, 5.41) is 0. The second-order valence-electron chi connectivity index (χ2n) is 5.64. The standard InChI is InChI=1S/C16H19N2/c1-11-6-7-18-14-5-4-12(10-17)9-13(14)16(2,3)15(18)8-11/h4-9H,10,17H2,1-3H3/q+1. The van der Waals surface area contributed by atoms with Gasteiger partial charge >= 0.3 is 0 Å². The SMILES string of the molecule is Cc1cc[n+]2c(c1)C(C)(C)c1cc(CN)ccc1-2. The first-order valence-electron chi connectivity index (χ1n) is 6.40. The van der Waals surface area contributed by atoms with E-state index in [2.05, 4.69) is 61.9 Å². The molecule has 2 nitrogen and oxygen atoms in total. The molecular weight excluding hydrogens is 220 g/mol. The topological polar surface area (TPSA) is 29.9 Å². The summed E-state index contributed by atoms with van der Waals surface area (Å²) in [6.07, 6.45) is 2.17. The van der Waals surface area contributed by atoms with Gasteiger partial charge in [0, 0.05) is 30.3 Å². The van der Waals surface area contributed by atoms with Crippen LogP contribution in [-0.4, -0.2) is 0 Å². The van der Waals surface area contributed by atoms with E-state index in [9.17, 15) is 0 Å². The average molecular weight is 239 g/mol. The number of nitrogens with zero attached hydrogens (tertiary/aromatic N) is 1. The third-order valence-electron chi connectivity index (χ3n) is 3.98. The molecule has 0 bridgehead atoms. The first-order valence-corrected chi connectivity index (χ1v) is 6.40. The molecular formula is C16H19N2+. The highest BCUT2D eigenvalue weighted by atomic mass is 15.0. The molecule has 0 unspecified atom stereocenters. The average Bonchev–Trinajstić information content (AvgIpc) is 2.58. The fourth-order valence-corrected chi connectivity index (χ4v) is 2.86. The van der Waals surface area contributed by atoms with Crippen LogP contribution in [0.4, 0.5) is 0 Å². The van der Waals surface area contributed by atoms with Crippen LogP contribution in [0.3, 0.4) is 0 Å². The van der Waals surface area contributed by atoms with Gasteiger partial charge in [0.15, 0.2) is 11.9 Å². The Balaban J connectivity index is 2.31. The van der Waals surface area contributed by atoms with Gasteiger partial charge in [-0.3, -0.25) is 0 Å². The summed E-state index contributed by atoms with van der Waals surface area (Å²) in [5.74, 6) is 0. The maximum atomic E-state index is 5.75. The Morgan fingerprint density at radius 1 is 1.17 bits per heavy atom. The van der Waals surface area contributed by atoms with Crippen LogP contribution in [0, 0.1) is 6.92 Å². The van der Waals surface area contributed by atoms with Crippen molar-refractivity contribution < 1.29 is 4.57 Å². The van der Waals surface area contributed by atoms with Crippen molar-refractivity contribution in [2.75, 3.05) is 0 Å². The summed E-state index contributed by atoms with van der Waals surface area (Å²) >= 11 is 0. The Morgan fingerprint density at radius 2 is 1.94 bits per heavy atom. The third kappa shape index (κ3) is 1.42. The Kier molecular flexibility index (Phi) is 2.32. The summed E-state index contributed by atoms with van der Waals surface area (Å²) in [7, 11) is 0. The number of hydrogen-bond acceptors (Lipinski definition) is 1. The minimum atomic E-state index is 0.0481. The lowest BCUT2D eigenvalue weighted by Gasteiger charge is -2.14. The molecule has 1 aliphatic heterocycles. The first-order chi connectivity index (χ1) is 8.54. The van der Waals surface area contributed by atoms with Gasteiger partial charge in [0.05, 0.1) is 5.41 Å². The van der Waals surface area contributed by atoms with Crippen molar-refractivity contribution in [2.45, 2.75) is 32.7 Å². The van der Waals surface area contributed by atoms with E-state index in [1.807, 2.05) is 0 Å². The van der Waals surface area contributed by atoms with Crippen LogP contribution < -0.4 is 10.3 Å². The maximum Gasteiger partial charge on any atom is 0.215 e. The van der Waals surface area contributed by atoms with E-state index in [-0.39, 0.29) is 5.41 Å². The largest absolute Gasteiger partial charge is 0.326 e. The molecule has 0 atom stereocenters. The molecule has 0 saturated heterocycles. The van der Waals surface area contributed by atoms with Gasteiger partial charge in [-0.2, -0.15) is 4.57 Å². The zero-order valence-electron chi connectivity index (χ0n) is 11.2. The van der Waals surface area contributed by atoms with E-state index in [1.54, 1.807) is 0 Å². The van der Waals surface area contributed by atoms with Gasteiger partial charge < -0.3 is 5.73 Å². The third-order valence-corrected chi connectivity index (χ3v) is 3.98. The van der Waals surface area contributed by atoms with Gasteiger partial charge in [-0.05, 0) is 38.0 Å². The van der Waals surface area contributed by atoms with E-state index < -0.39 is 0 Å². The summed E-state index contributed by atoms with van der Waals surface area (Å²) in [6, 6.07) is 11.0. The molecule has 2 heterocycles. The summed E-state index contributed by atoms with van der Waals surface area (Å²) in [4.78, 5) is 0. The highest BCUT2D eigenvalue weighted by molar-refractivity contribution is 5.50. The molecule has 2 heteroatoms. The molecule has 0 radical (unpaired) electrons. The van der Waals surface area contributed by atoms with Crippen LogP contribution >= 0.6 is 0 Å². The first kappa shape index (κ1) is 11.4. The lowest BCUT2D eigenvalue weighted by Crippen LogP contribution is -2.34. The maximum absolute atomic E-state index is 5.75. The van der Waals surface area contributed by atoms with Crippen LogP contribution in [0.2, 0.25) is 0 Å². The number of fused-ring (bicyclic) bond motifs is 3. The fourth-order valence-electron chi connectivity index (χ4n) is 2.86. The molecule has 2 N–H and O–H groups in total. The van der Waals surface area contributed by atoms with Gasteiger partial charge in [0.25, 0.3) is 0 Å². The second kappa shape index (κ2) is 3.66. The van der Waals surface area contributed by atoms with E-state index in [1.165, 1.54) is 28.1 Å². The van der Waals surface area contributed by atoms with E-state index >= 15 is 0 Å². The minimum absolute atomic E-state index is 0.0481. The number of aryl methyl sites for hydroxylation is 1. The smallest absolute Gasteiger partial charge is 0.215 e. The molecule has 0 spiro atoms. The van der Waals surface area contributed by atoms with Gasteiger partial charge in [0.2, 0.25) is 5.69 Å². The predicted octanol–water partition coefficient (Wildman–Crippen LogP) is 2.37. The van der Waals surface area contributed by atoms with Crippen LogP contribution in [-0.2, 0) is 12.0 Å². The van der Waals surface area contributed by atoms with Gasteiger partial charge in [-0.25, -0.2) is 0 Å². The highest BCUT2D eigenvalue weighted by Gasteiger charge is 2.43. The van der Waals surface area contributed by atoms with E-state index in [4.69, 9.17) is 5.73 Å². The molecule has 0 amide bonds. The molecule has 0 saturated carbocycles. The van der Waals surface area contributed by atoms with Crippen molar-refractivity contribution in [3.05, 3.63) is 58.9 Å². The molecule has 1 aromatic heterocycles. The van der Waals surface area contributed by atoms with Crippen LogP contribution in [0.1, 0.15) is 36.2 Å². The molecule has 1 aromatic carbocycles. The Morgan fingerprint density at radius 3 is 2.67 bits per heavy atom. The van der Waals surface area contributed by atoms with Gasteiger partial charge in [0.1, 0.15) is 0 Å². The van der Waals surface area contributed by atoms with Crippen molar-refractivity contribution >= 4 is 0 Å². The molecule has 92 valence electrons. The van der Waals surface area contributed by atoms with Crippen molar-refractivity contribution in [2.24, 2.45) is 5.73 Å². The molecule has 18 heavy (non-hydrogen) atoms. The lowest BCUT2D eigenvalue weighted by molar-refractivity contribution is -0.599. The molecule has 0 fully saturated rings. The normalized spacial score (nSPS) is 15.3. The zero-order valence-corrected chi connectivity index (χ0v) is 11.2. The molecule has 3 rings (SSSR count). The van der Waals surface area contributed by atoms with Crippen LogP contribution in [0.5, 0.6) is 0 Å². The number of nitrogens with two attached hydrogens (primary N) is 1. The molecule has 2 aromatic rings. The Labute approximate surface area is 108 Å². The van der Waals surface area contributed by atoms with E-state index in [0.717, 1.165) is 0 Å². The lowest BCUT2D eigenvalue weighted by atomic mass is 9.82. The van der Waals surface area contributed by atoms with Crippen LogP contribution in [0.25, 0.3) is 5.69 Å². The number of hydrogen-bond donors (Lipinski definition) is 1. The van der Waals surface area contributed by atoms with E-state index in [0.29, 0.717) is 6.54 Å². The minimum Gasteiger partial charge on any atom is -0.326 e. The van der Waals surface area contributed by atoms with Crippen molar-refractivity contribution in [3.63, 3.8) is 0 Å². The summed E-state index contributed by atoms with van der Waals surface area (Å²) in [5.41, 5.74) is 12.3. The van der Waals surface area contributed by atoms with Crippen molar-refractivity contribution in [3.8, 4) is 5.69 Å². The number of benzene rings is 1. The Hall–Kier alpha value is -1.67. The molecule has 0 aliphatic carbocycles. The van der Waals surface area contributed by atoms with Gasteiger partial charge in [-0.15, -0.1) is 0 Å². The highest BCUT2D eigenvalue weighted by Crippen LogP contribution is 2.38. The van der Waals surface area contributed by atoms with Crippen LogP contribution in [0.15, 0.2) is 36.5 Å². The Bertz CT molecular complexity index is 627. The summed E-state index contributed by atoms with van der Waals surface area (Å²) < 4.78 is 2.29.